The zero-order chi connectivity index (χ0) is 23.4. The molecular weight excluding hydrogens is 468 g/mol. The fraction of sp³-hybridized carbons (Fsp3) is 0.190. The van der Waals surface area contributed by atoms with Gasteiger partial charge in [-0.05, 0) is 48.5 Å². The van der Waals surface area contributed by atoms with Crippen LogP contribution in [0.1, 0.15) is 10.7 Å². The van der Waals surface area contributed by atoms with Crippen molar-refractivity contribution < 1.29 is 31.8 Å². The number of thiazole rings is 1. The Bertz CT molecular complexity index is 1240. The van der Waals surface area contributed by atoms with Crippen molar-refractivity contribution in [1.82, 2.24) is 4.98 Å². The molecule has 0 saturated carbocycles. The van der Waals surface area contributed by atoms with E-state index in [1.807, 2.05) is 0 Å². The smallest absolute Gasteiger partial charge is 0.412 e. The second kappa shape index (κ2) is 9.46. The van der Waals surface area contributed by atoms with Crippen molar-refractivity contribution in [3.8, 4) is 5.75 Å². The molecule has 2 N–H and O–H groups in total. The van der Waals surface area contributed by atoms with Gasteiger partial charge in [-0.3, -0.25) is 14.8 Å². The van der Waals surface area contributed by atoms with Gasteiger partial charge in [0.15, 0.2) is 11.2 Å². The number of rotatable bonds is 7. The Hall–Kier alpha value is -3.64. The van der Waals surface area contributed by atoms with Crippen molar-refractivity contribution in [1.29, 1.82) is 0 Å². The van der Waals surface area contributed by atoms with Crippen LogP contribution >= 0.6 is 11.3 Å². The van der Waals surface area contributed by atoms with E-state index < -0.39 is 22.2 Å². The second-order valence-corrected chi connectivity index (χ2v) is 9.54. The number of carbonyl (C=O) groups excluding carboxylic acids is 2. The third-order valence-corrected chi connectivity index (χ3v) is 7.03. The van der Waals surface area contributed by atoms with Gasteiger partial charge in [0.25, 0.3) is 15.9 Å². The van der Waals surface area contributed by atoms with Gasteiger partial charge in [-0.2, -0.15) is 0 Å². The van der Waals surface area contributed by atoms with Crippen LogP contribution in [-0.4, -0.2) is 45.2 Å². The number of benzene rings is 2. The molecular formula is C21H26N4O6S2. The zero-order valence-electron chi connectivity index (χ0n) is 17.4. The van der Waals surface area contributed by atoms with Crippen LogP contribution in [0.4, 0.5) is 21.3 Å². The maximum absolute atomic E-state index is 12.7. The van der Waals surface area contributed by atoms with Crippen LogP contribution in [0.2, 0.25) is 0 Å². The minimum absolute atomic E-state index is 0. The van der Waals surface area contributed by atoms with E-state index >= 15 is 0 Å². The summed E-state index contributed by atoms with van der Waals surface area (Å²) in [5.74, 6) is 0.268. The summed E-state index contributed by atoms with van der Waals surface area (Å²) in [6, 6.07) is 12.6. The molecule has 4 rings (SSSR count). The molecule has 10 nitrogen and oxygen atoms in total. The summed E-state index contributed by atoms with van der Waals surface area (Å²) >= 11 is 1.17. The number of aromatic nitrogens is 1. The Kier molecular flexibility index (Phi) is 6.47. The van der Waals surface area contributed by atoms with E-state index in [0.717, 1.165) is 0 Å². The lowest BCUT2D eigenvalue weighted by atomic mass is 10.3. The van der Waals surface area contributed by atoms with Gasteiger partial charge in [0, 0.05) is 40.2 Å². The molecule has 33 heavy (non-hydrogen) atoms. The monoisotopic (exact) mass is 494 g/mol. The number of methoxy groups -OCH3 is 1. The van der Waals surface area contributed by atoms with E-state index in [1.54, 1.807) is 36.8 Å². The summed E-state index contributed by atoms with van der Waals surface area (Å²) in [5.41, 5.74) is 1.01. The Morgan fingerprint density at radius 1 is 1.18 bits per heavy atom. The molecule has 12 heteroatoms. The average molecular weight is 495 g/mol. The minimum atomic E-state index is -3.79. The molecule has 1 saturated heterocycles. The van der Waals surface area contributed by atoms with Crippen molar-refractivity contribution in [2.75, 3.05) is 28.6 Å². The molecule has 1 fully saturated rings. The molecule has 1 aliphatic heterocycles. The van der Waals surface area contributed by atoms with Gasteiger partial charge in [-0.15, -0.1) is 11.3 Å². The first kappa shape index (κ1) is 22.6. The van der Waals surface area contributed by atoms with Gasteiger partial charge in [0.05, 0.1) is 12.0 Å². The standard InChI is InChI=1S/C21H20N4O6S2.3H2/c1-30-16-6-2-14(3-7-16)23-21(27)31-18-10-12-25(19(18)26)15-4-8-17(9-5-15)33(28,29)24-20-22-11-13-32-20;;;/h2-9,11,13,18H,10,12H2,1H3,(H,22,24)(H,23,27);3*1H/t18-;;;/m0.../s1. The zero-order valence-corrected chi connectivity index (χ0v) is 19.1. The van der Waals surface area contributed by atoms with Gasteiger partial charge in [-0.25, -0.2) is 18.2 Å². The molecule has 0 radical (unpaired) electrons. The topological polar surface area (TPSA) is 127 Å². The first-order valence-electron chi connectivity index (χ1n) is 9.81. The Balaban J connectivity index is 0.00000216. The highest BCUT2D eigenvalue weighted by atomic mass is 32.2. The number of ether oxygens (including phenoxy) is 2. The van der Waals surface area contributed by atoms with Crippen LogP contribution < -0.4 is 19.7 Å². The molecule has 3 aromatic rings. The molecule has 1 aliphatic rings. The molecule has 0 unspecified atom stereocenters. The summed E-state index contributed by atoms with van der Waals surface area (Å²) in [5, 5.41) is 4.50. The third kappa shape index (κ3) is 5.23. The van der Waals surface area contributed by atoms with Crippen LogP contribution in [-0.2, 0) is 19.6 Å². The lowest BCUT2D eigenvalue weighted by Crippen LogP contribution is -2.33. The highest BCUT2D eigenvalue weighted by Crippen LogP contribution is 2.26. The summed E-state index contributed by atoms with van der Waals surface area (Å²) in [4.78, 5) is 30.3. The minimum Gasteiger partial charge on any atom is -0.497 e. The van der Waals surface area contributed by atoms with E-state index in [9.17, 15) is 18.0 Å². The number of amides is 2. The summed E-state index contributed by atoms with van der Waals surface area (Å²) in [6.45, 7) is 0.336. The van der Waals surface area contributed by atoms with Crippen LogP contribution in [0, 0.1) is 0 Å². The van der Waals surface area contributed by atoms with Gasteiger partial charge in [0.2, 0.25) is 0 Å². The van der Waals surface area contributed by atoms with Crippen LogP contribution in [0.3, 0.4) is 0 Å². The Morgan fingerprint density at radius 3 is 2.55 bits per heavy atom. The van der Waals surface area contributed by atoms with Gasteiger partial charge < -0.3 is 14.4 Å². The van der Waals surface area contributed by atoms with E-state index in [-0.39, 0.29) is 20.2 Å². The van der Waals surface area contributed by atoms with Gasteiger partial charge in [-0.1, -0.05) is 0 Å². The fourth-order valence-corrected chi connectivity index (χ4v) is 5.01. The molecule has 2 aromatic carbocycles. The number of nitrogens with zero attached hydrogens (tertiary/aromatic N) is 2. The number of sulfonamides is 1. The van der Waals surface area contributed by atoms with Gasteiger partial charge in [0.1, 0.15) is 5.75 Å². The molecule has 2 amide bonds. The van der Waals surface area contributed by atoms with Crippen molar-refractivity contribution in [2.24, 2.45) is 0 Å². The number of hydrogen-bond donors (Lipinski definition) is 2. The summed E-state index contributed by atoms with van der Waals surface area (Å²) in [7, 11) is -2.25. The van der Waals surface area contributed by atoms with Gasteiger partial charge >= 0.3 is 6.09 Å². The van der Waals surface area contributed by atoms with Crippen LogP contribution in [0.25, 0.3) is 0 Å². The molecule has 178 valence electrons. The third-order valence-electron chi connectivity index (χ3n) is 4.85. The molecule has 1 atom stereocenters. The fourth-order valence-electron chi connectivity index (χ4n) is 3.22. The van der Waals surface area contributed by atoms with Crippen molar-refractivity contribution in [3.63, 3.8) is 0 Å². The van der Waals surface area contributed by atoms with Crippen molar-refractivity contribution in [2.45, 2.75) is 17.4 Å². The van der Waals surface area contributed by atoms with E-state index in [0.29, 0.717) is 30.1 Å². The molecule has 2 heterocycles. The van der Waals surface area contributed by atoms with Crippen LogP contribution in [0.15, 0.2) is 65.0 Å². The second-order valence-electron chi connectivity index (χ2n) is 6.96. The highest BCUT2D eigenvalue weighted by molar-refractivity contribution is 7.93. The van der Waals surface area contributed by atoms with Crippen molar-refractivity contribution >= 4 is 49.9 Å². The number of nitrogens with one attached hydrogen (secondary N) is 2. The number of hydrogen-bond acceptors (Lipinski definition) is 8. The quantitative estimate of drug-likeness (QED) is 0.507. The average Bonchev–Trinajstić information content (AvgIpc) is 3.44. The Morgan fingerprint density at radius 2 is 1.91 bits per heavy atom. The first-order valence-corrected chi connectivity index (χ1v) is 12.2. The largest absolute Gasteiger partial charge is 0.497 e. The normalized spacial score (nSPS) is 15.8. The number of carbonyl (C=O) groups is 2. The van der Waals surface area contributed by atoms with Crippen LogP contribution in [0.5, 0.6) is 5.75 Å². The maximum atomic E-state index is 12.7. The lowest BCUT2D eigenvalue weighted by Gasteiger charge is -2.17. The molecule has 0 aliphatic carbocycles. The predicted octanol–water partition coefficient (Wildman–Crippen LogP) is 4.04. The summed E-state index contributed by atoms with van der Waals surface area (Å²) in [6.07, 6.45) is 0.147. The molecule has 0 spiro atoms. The van der Waals surface area contributed by atoms with E-state index in [1.165, 1.54) is 46.7 Å². The summed E-state index contributed by atoms with van der Waals surface area (Å²) < 4.78 is 37.7. The van der Waals surface area contributed by atoms with E-state index in [2.05, 4.69) is 15.0 Å². The number of anilines is 3. The molecule has 1 aromatic heterocycles. The SMILES string of the molecule is COc1ccc(NC(=O)O[C@H]2CCN(c3ccc(S(=O)(=O)Nc4nccs4)cc3)C2=O)cc1.[HH].[HH].[HH]. The highest BCUT2D eigenvalue weighted by Gasteiger charge is 2.35. The Labute approximate surface area is 198 Å². The predicted molar refractivity (Wildman–Crippen MR) is 130 cm³/mol. The molecule has 0 bridgehead atoms. The van der Waals surface area contributed by atoms with Crippen molar-refractivity contribution in [3.05, 3.63) is 60.1 Å². The first-order chi connectivity index (χ1) is 15.9. The van der Waals surface area contributed by atoms with E-state index in [4.69, 9.17) is 9.47 Å². The lowest BCUT2D eigenvalue weighted by molar-refractivity contribution is -0.124. The maximum Gasteiger partial charge on any atom is 0.412 e.